The van der Waals surface area contributed by atoms with Gasteiger partial charge in [-0.3, -0.25) is 4.21 Å². The summed E-state index contributed by atoms with van der Waals surface area (Å²) in [5.74, 6) is -0.650. The third-order valence-electron chi connectivity index (χ3n) is 2.66. The number of hydrogen-bond acceptors (Lipinski definition) is 5. The van der Waals surface area contributed by atoms with Crippen LogP contribution in [0, 0.1) is 0 Å². The molecule has 0 aliphatic heterocycles. The van der Waals surface area contributed by atoms with E-state index in [2.05, 4.69) is 15.5 Å². The first-order valence-corrected chi connectivity index (χ1v) is 7.01. The summed E-state index contributed by atoms with van der Waals surface area (Å²) >= 11 is 0. The van der Waals surface area contributed by atoms with Crippen LogP contribution in [0.1, 0.15) is 13.0 Å². The van der Waals surface area contributed by atoms with Gasteiger partial charge in [0.1, 0.15) is 0 Å². The molecule has 1 aromatic carbocycles. The minimum Gasteiger partial charge on any atom is -0.480 e. The van der Waals surface area contributed by atoms with Crippen molar-refractivity contribution in [2.75, 3.05) is 6.26 Å². The van der Waals surface area contributed by atoms with Crippen LogP contribution >= 0.6 is 0 Å². The van der Waals surface area contributed by atoms with E-state index < -0.39 is 22.8 Å². The summed E-state index contributed by atoms with van der Waals surface area (Å²) in [4.78, 5) is 11.7. The van der Waals surface area contributed by atoms with Crippen LogP contribution in [0.5, 0.6) is 0 Å². The Morgan fingerprint density at radius 1 is 1.37 bits per heavy atom. The van der Waals surface area contributed by atoms with Gasteiger partial charge < -0.3 is 5.11 Å². The highest BCUT2D eigenvalue weighted by atomic mass is 32.2. The molecule has 0 saturated heterocycles. The molecule has 1 N–H and O–H groups in total. The zero-order valence-electron chi connectivity index (χ0n) is 10.3. The van der Waals surface area contributed by atoms with Crippen LogP contribution in [0.15, 0.2) is 29.2 Å². The highest BCUT2D eigenvalue weighted by Gasteiger charge is 2.20. The summed E-state index contributed by atoms with van der Waals surface area (Å²) in [6.45, 7) is 1.50. The van der Waals surface area contributed by atoms with Crippen molar-refractivity contribution in [3.05, 3.63) is 24.3 Å². The molecule has 7 nitrogen and oxygen atoms in total. The van der Waals surface area contributed by atoms with Crippen LogP contribution in [0.2, 0.25) is 0 Å². The lowest BCUT2D eigenvalue weighted by Gasteiger charge is -2.08. The Morgan fingerprint density at radius 3 is 2.53 bits per heavy atom. The summed E-state index contributed by atoms with van der Waals surface area (Å²) in [5.41, 5.74) is 0.673. The maximum Gasteiger partial charge on any atom is 0.328 e. The predicted octanol–water partition coefficient (Wildman–Crippen LogP) is 0.723. The van der Waals surface area contributed by atoms with Crippen molar-refractivity contribution in [2.24, 2.45) is 0 Å². The zero-order valence-corrected chi connectivity index (χ0v) is 11.2. The van der Waals surface area contributed by atoms with Crippen LogP contribution in [0.4, 0.5) is 0 Å². The molecule has 0 saturated carbocycles. The second kappa shape index (κ2) is 5.27. The minimum atomic E-state index is -1.06. The number of carboxylic acid groups (broad SMARTS) is 1. The predicted molar refractivity (Wildman–Crippen MR) is 67.9 cm³/mol. The number of benzene rings is 1. The molecule has 0 aliphatic rings. The number of aliphatic carboxylic acids is 1. The standard InChI is InChI=1S/C11H12N4O3S/c1-7(11(16)17)15-10(12-13-14-15)8-3-5-9(6-4-8)19(2)18/h3-7H,1-2H3,(H,16,17). The number of nitrogens with zero attached hydrogens (tertiary/aromatic N) is 4. The van der Waals surface area contributed by atoms with E-state index in [0.717, 1.165) is 0 Å². The number of carboxylic acids is 1. The van der Waals surface area contributed by atoms with Gasteiger partial charge in [-0.15, -0.1) is 5.10 Å². The lowest BCUT2D eigenvalue weighted by Crippen LogP contribution is -2.18. The fourth-order valence-corrected chi connectivity index (χ4v) is 2.06. The average molecular weight is 280 g/mol. The Labute approximate surface area is 111 Å². The van der Waals surface area contributed by atoms with Gasteiger partial charge in [0, 0.05) is 27.5 Å². The van der Waals surface area contributed by atoms with Gasteiger partial charge in [-0.25, -0.2) is 9.48 Å². The topological polar surface area (TPSA) is 98.0 Å². The molecule has 1 heterocycles. The average Bonchev–Trinajstić information content (AvgIpc) is 2.86. The van der Waals surface area contributed by atoms with Gasteiger partial charge >= 0.3 is 5.97 Å². The Bertz CT molecular complexity index is 623. The summed E-state index contributed by atoms with van der Waals surface area (Å²) in [7, 11) is -1.06. The molecule has 1 aromatic heterocycles. The summed E-state index contributed by atoms with van der Waals surface area (Å²) < 4.78 is 12.5. The van der Waals surface area contributed by atoms with Gasteiger partial charge in [-0.2, -0.15) is 0 Å². The van der Waals surface area contributed by atoms with E-state index in [9.17, 15) is 9.00 Å². The quantitative estimate of drug-likeness (QED) is 0.886. The maximum atomic E-state index is 11.3. The van der Waals surface area contributed by atoms with E-state index in [-0.39, 0.29) is 0 Å². The zero-order chi connectivity index (χ0) is 14.0. The van der Waals surface area contributed by atoms with E-state index in [1.165, 1.54) is 11.6 Å². The van der Waals surface area contributed by atoms with Crippen molar-refractivity contribution in [3.63, 3.8) is 0 Å². The molecule has 2 unspecified atom stereocenters. The molecule has 0 spiro atoms. The summed E-state index contributed by atoms with van der Waals surface area (Å²) in [6, 6.07) is 5.98. The number of carbonyl (C=O) groups is 1. The summed E-state index contributed by atoms with van der Waals surface area (Å²) in [5, 5.41) is 20.0. The van der Waals surface area contributed by atoms with Gasteiger partial charge in [-0.1, -0.05) is 0 Å². The van der Waals surface area contributed by atoms with Crippen LogP contribution in [-0.4, -0.2) is 41.7 Å². The lowest BCUT2D eigenvalue weighted by molar-refractivity contribution is -0.140. The molecule has 19 heavy (non-hydrogen) atoms. The first-order valence-electron chi connectivity index (χ1n) is 5.45. The van der Waals surface area contributed by atoms with Crippen LogP contribution in [-0.2, 0) is 15.6 Å². The van der Waals surface area contributed by atoms with E-state index in [1.54, 1.807) is 30.5 Å². The van der Waals surface area contributed by atoms with Crippen molar-refractivity contribution in [1.82, 2.24) is 20.2 Å². The minimum absolute atomic E-state index is 0.364. The van der Waals surface area contributed by atoms with Gasteiger partial charge in [0.2, 0.25) is 0 Å². The molecule has 2 atom stereocenters. The highest BCUT2D eigenvalue weighted by Crippen LogP contribution is 2.20. The fraction of sp³-hybridized carbons (Fsp3) is 0.273. The molecule has 0 fully saturated rings. The van der Waals surface area contributed by atoms with E-state index in [4.69, 9.17) is 5.11 Å². The van der Waals surface area contributed by atoms with Crippen LogP contribution < -0.4 is 0 Å². The molecule has 0 amide bonds. The largest absolute Gasteiger partial charge is 0.480 e. The smallest absolute Gasteiger partial charge is 0.328 e. The van der Waals surface area contributed by atoms with E-state index >= 15 is 0 Å². The second-order valence-electron chi connectivity index (χ2n) is 3.94. The third-order valence-corrected chi connectivity index (χ3v) is 3.60. The van der Waals surface area contributed by atoms with Crippen LogP contribution in [0.3, 0.4) is 0 Å². The van der Waals surface area contributed by atoms with Crippen molar-refractivity contribution in [2.45, 2.75) is 17.9 Å². The molecule has 2 rings (SSSR count). The van der Waals surface area contributed by atoms with Gasteiger partial charge in [0.15, 0.2) is 11.9 Å². The molecular formula is C11H12N4O3S. The monoisotopic (exact) mass is 280 g/mol. The molecule has 0 bridgehead atoms. The second-order valence-corrected chi connectivity index (χ2v) is 5.32. The SMILES string of the molecule is CC(C(=O)O)n1nnnc1-c1ccc(S(C)=O)cc1. The number of aromatic nitrogens is 4. The molecule has 0 aliphatic carbocycles. The highest BCUT2D eigenvalue weighted by molar-refractivity contribution is 7.84. The van der Waals surface area contributed by atoms with E-state index in [1.807, 2.05) is 0 Å². The van der Waals surface area contributed by atoms with Crippen LogP contribution in [0.25, 0.3) is 11.4 Å². The van der Waals surface area contributed by atoms with Gasteiger partial charge in [0.05, 0.1) is 0 Å². The lowest BCUT2D eigenvalue weighted by atomic mass is 10.2. The van der Waals surface area contributed by atoms with Gasteiger partial charge in [0.25, 0.3) is 0 Å². The van der Waals surface area contributed by atoms with Crippen molar-refractivity contribution < 1.29 is 14.1 Å². The summed E-state index contributed by atoms with van der Waals surface area (Å²) in [6.07, 6.45) is 1.59. The molecule has 8 heteroatoms. The van der Waals surface area contributed by atoms with Gasteiger partial charge in [-0.05, 0) is 41.6 Å². The normalized spacial score (nSPS) is 14.0. The Morgan fingerprint density at radius 2 is 2.00 bits per heavy atom. The molecular weight excluding hydrogens is 268 g/mol. The van der Waals surface area contributed by atoms with Crippen molar-refractivity contribution >= 4 is 16.8 Å². The molecule has 2 aromatic rings. The van der Waals surface area contributed by atoms with Crippen molar-refractivity contribution in [3.8, 4) is 11.4 Å². The first-order chi connectivity index (χ1) is 9.00. The van der Waals surface area contributed by atoms with Crippen molar-refractivity contribution in [1.29, 1.82) is 0 Å². The Hall–Kier alpha value is -2.09. The number of hydrogen-bond donors (Lipinski definition) is 1. The maximum absolute atomic E-state index is 11.3. The molecule has 100 valence electrons. The number of tetrazole rings is 1. The Kier molecular flexibility index (Phi) is 3.70. The first kappa shape index (κ1) is 13.3. The molecule has 0 radical (unpaired) electrons. The number of rotatable bonds is 4. The Balaban J connectivity index is 2.40. The third kappa shape index (κ3) is 2.68. The fourth-order valence-electron chi connectivity index (χ4n) is 1.54. The van der Waals surface area contributed by atoms with E-state index in [0.29, 0.717) is 16.3 Å².